The predicted octanol–water partition coefficient (Wildman–Crippen LogP) is 1.28. The molecule has 0 aliphatic carbocycles. The third-order valence-corrected chi connectivity index (χ3v) is 4.18. The van der Waals surface area contributed by atoms with Crippen LogP contribution in [-0.4, -0.2) is 20.4 Å². The third kappa shape index (κ3) is 3.86. The van der Waals surface area contributed by atoms with Gasteiger partial charge in [-0.1, -0.05) is 18.2 Å². The SMILES string of the molecule is CNCc1cccc(S(=O)(=O)NCc2cccnc2)c1. The summed E-state index contributed by atoms with van der Waals surface area (Å²) in [6.45, 7) is 0.860. The van der Waals surface area contributed by atoms with Crippen LogP contribution in [0.1, 0.15) is 11.1 Å². The Labute approximate surface area is 119 Å². The maximum atomic E-state index is 12.2. The van der Waals surface area contributed by atoms with Crippen molar-refractivity contribution in [1.82, 2.24) is 15.0 Å². The number of sulfonamides is 1. The predicted molar refractivity (Wildman–Crippen MR) is 77.5 cm³/mol. The zero-order chi connectivity index (χ0) is 14.4. The molecule has 0 amide bonds. The monoisotopic (exact) mass is 291 g/mol. The Balaban J connectivity index is 2.12. The lowest BCUT2D eigenvalue weighted by molar-refractivity contribution is 0.581. The van der Waals surface area contributed by atoms with E-state index >= 15 is 0 Å². The van der Waals surface area contributed by atoms with Gasteiger partial charge in [0.1, 0.15) is 0 Å². The number of hydrogen-bond donors (Lipinski definition) is 2. The second-order valence-electron chi connectivity index (χ2n) is 4.36. The lowest BCUT2D eigenvalue weighted by Gasteiger charge is -2.08. The van der Waals surface area contributed by atoms with Crippen molar-refractivity contribution in [3.63, 3.8) is 0 Å². The minimum absolute atomic E-state index is 0.229. The van der Waals surface area contributed by atoms with Crippen molar-refractivity contribution in [3.05, 3.63) is 59.9 Å². The van der Waals surface area contributed by atoms with Gasteiger partial charge in [-0.25, -0.2) is 13.1 Å². The van der Waals surface area contributed by atoms with E-state index in [0.29, 0.717) is 6.54 Å². The molecule has 0 unspecified atom stereocenters. The van der Waals surface area contributed by atoms with Crippen molar-refractivity contribution < 1.29 is 8.42 Å². The summed E-state index contributed by atoms with van der Waals surface area (Å²) in [6, 6.07) is 10.5. The van der Waals surface area contributed by atoms with Gasteiger partial charge in [0.05, 0.1) is 4.90 Å². The molecule has 0 saturated carbocycles. The largest absolute Gasteiger partial charge is 0.316 e. The van der Waals surface area contributed by atoms with Gasteiger partial charge in [0.25, 0.3) is 0 Å². The molecule has 0 bridgehead atoms. The molecule has 2 aromatic rings. The van der Waals surface area contributed by atoms with E-state index in [-0.39, 0.29) is 11.4 Å². The summed E-state index contributed by atoms with van der Waals surface area (Å²) in [5, 5.41) is 3.00. The second-order valence-corrected chi connectivity index (χ2v) is 6.13. The van der Waals surface area contributed by atoms with Gasteiger partial charge in [0.15, 0.2) is 0 Å². The van der Waals surface area contributed by atoms with Crippen LogP contribution in [0.15, 0.2) is 53.7 Å². The van der Waals surface area contributed by atoms with Crippen LogP contribution in [0.2, 0.25) is 0 Å². The molecule has 0 atom stereocenters. The normalized spacial score (nSPS) is 11.4. The number of rotatable bonds is 6. The van der Waals surface area contributed by atoms with Crippen LogP contribution in [0.3, 0.4) is 0 Å². The minimum atomic E-state index is -3.50. The zero-order valence-corrected chi connectivity index (χ0v) is 12.0. The molecule has 2 N–H and O–H groups in total. The highest BCUT2D eigenvalue weighted by molar-refractivity contribution is 7.89. The van der Waals surface area contributed by atoms with E-state index in [9.17, 15) is 8.42 Å². The van der Waals surface area contributed by atoms with Crippen molar-refractivity contribution in [3.8, 4) is 0 Å². The molecule has 0 radical (unpaired) electrons. The van der Waals surface area contributed by atoms with Gasteiger partial charge in [-0.3, -0.25) is 4.98 Å². The summed E-state index contributed by atoms with van der Waals surface area (Å²) in [5.41, 5.74) is 1.75. The van der Waals surface area contributed by atoms with Gasteiger partial charge in [-0.05, 0) is 36.4 Å². The number of pyridine rings is 1. The molecule has 20 heavy (non-hydrogen) atoms. The maximum absolute atomic E-state index is 12.2. The van der Waals surface area contributed by atoms with Crippen molar-refractivity contribution >= 4 is 10.0 Å². The Morgan fingerprint density at radius 3 is 2.60 bits per heavy atom. The van der Waals surface area contributed by atoms with Crippen LogP contribution >= 0.6 is 0 Å². The molecule has 2 rings (SSSR count). The van der Waals surface area contributed by atoms with E-state index in [2.05, 4.69) is 15.0 Å². The van der Waals surface area contributed by atoms with Gasteiger partial charge in [-0.15, -0.1) is 0 Å². The molecule has 0 aliphatic rings. The Bertz CT molecular complexity index is 657. The topological polar surface area (TPSA) is 71.1 Å². The second kappa shape index (κ2) is 6.60. The highest BCUT2D eigenvalue weighted by Crippen LogP contribution is 2.12. The van der Waals surface area contributed by atoms with Crippen molar-refractivity contribution in [2.24, 2.45) is 0 Å². The highest BCUT2D eigenvalue weighted by Gasteiger charge is 2.13. The molecule has 1 aromatic heterocycles. The lowest BCUT2D eigenvalue weighted by Crippen LogP contribution is -2.23. The summed E-state index contributed by atoms with van der Waals surface area (Å²) >= 11 is 0. The van der Waals surface area contributed by atoms with Gasteiger partial charge < -0.3 is 5.32 Å². The first kappa shape index (κ1) is 14.6. The average Bonchev–Trinajstić information content (AvgIpc) is 2.47. The molecular formula is C14H17N3O2S. The fourth-order valence-corrected chi connectivity index (χ4v) is 2.88. The average molecular weight is 291 g/mol. The van der Waals surface area contributed by atoms with E-state index < -0.39 is 10.0 Å². The summed E-state index contributed by atoms with van der Waals surface area (Å²) < 4.78 is 27.0. The van der Waals surface area contributed by atoms with E-state index in [1.54, 1.807) is 36.7 Å². The molecule has 106 valence electrons. The van der Waals surface area contributed by atoms with Crippen LogP contribution in [0.5, 0.6) is 0 Å². The van der Waals surface area contributed by atoms with Crippen LogP contribution < -0.4 is 10.0 Å². The summed E-state index contributed by atoms with van der Waals surface area (Å²) in [6.07, 6.45) is 3.29. The minimum Gasteiger partial charge on any atom is -0.316 e. The van der Waals surface area contributed by atoms with Gasteiger partial charge in [-0.2, -0.15) is 0 Å². The molecule has 5 nitrogen and oxygen atoms in total. The molecule has 0 fully saturated rings. The van der Waals surface area contributed by atoms with E-state index in [1.807, 2.05) is 19.2 Å². The van der Waals surface area contributed by atoms with Crippen molar-refractivity contribution in [1.29, 1.82) is 0 Å². The van der Waals surface area contributed by atoms with E-state index in [4.69, 9.17) is 0 Å². The zero-order valence-electron chi connectivity index (χ0n) is 11.2. The number of nitrogens with one attached hydrogen (secondary N) is 2. The first-order valence-corrected chi connectivity index (χ1v) is 7.72. The quantitative estimate of drug-likeness (QED) is 0.841. The molecular weight excluding hydrogens is 274 g/mol. The Morgan fingerprint density at radius 1 is 1.10 bits per heavy atom. The highest BCUT2D eigenvalue weighted by atomic mass is 32.2. The van der Waals surface area contributed by atoms with Crippen LogP contribution in [0, 0.1) is 0 Å². The molecule has 1 heterocycles. The lowest BCUT2D eigenvalue weighted by atomic mass is 10.2. The van der Waals surface area contributed by atoms with E-state index in [0.717, 1.165) is 11.1 Å². The molecule has 1 aromatic carbocycles. The van der Waals surface area contributed by atoms with Crippen LogP contribution in [0.4, 0.5) is 0 Å². The number of benzene rings is 1. The standard InChI is InChI=1S/C14H17N3O2S/c1-15-9-12-4-2-6-14(8-12)20(18,19)17-11-13-5-3-7-16-10-13/h2-8,10,15,17H,9,11H2,1H3. The van der Waals surface area contributed by atoms with Crippen molar-refractivity contribution in [2.75, 3.05) is 7.05 Å². The van der Waals surface area contributed by atoms with E-state index in [1.165, 1.54) is 0 Å². The summed E-state index contributed by atoms with van der Waals surface area (Å²) in [4.78, 5) is 4.23. The van der Waals surface area contributed by atoms with Gasteiger partial charge in [0, 0.05) is 25.5 Å². The first-order valence-electron chi connectivity index (χ1n) is 6.24. The Morgan fingerprint density at radius 2 is 1.90 bits per heavy atom. The molecule has 0 spiro atoms. The third-order valence-electron chi connectivity index (χ3n) is 2.78. The molecule has 0 saturated heterocycles. The van der Waals surface area contributed by atoms with Crippen LogP contribution in [-0.2, 0) is 23.1 Å². The van der Waals surface area contributed by atoms with Crippen molar-refractivity contribution in [2.45, 2.75) is 18.0 Å². The summed E-state index contributed by atoms with van der Waals surface area (Å²) in [5.74, 6) is 0. The fourth-order valence-electron chi connectivity index (χ4n) is 1.79. The van der Waals surface area contributed by atoms with Gasteiger partial charge >= 0.3 is 0 Å². The van der Waals surface area contributed by atoms with Crippen LogP contribution in [0.25, 0.3) is 0 Å². The maximum Gasteiger partial charge on any atom is 0.240 e. The number of nitrogens with zero attached hydrogens (tertiary/aromatic N) is 1. The fraction of sp³-hybridized carbons (Fsp3) is 0.214. The Kier molecular flexibility index (Phi) is 4.84. The molecule has 0 aliphatic heterocycles. The first-order chi connectivity index (χ1) is 9.62. The molecule has 6 heteroatoms. The summed E-state index contributed by atoms with van der Waals surface area (Å²) in [7, 11) is -1.68. The Hall–Kier alpha value is -1.76. The number of aromatic nitrogens is 1. The smallest absolute Gasteiger partial charge is 0.240 e. The number of hydrogen-bond acceptors (Lipinski definition) is 4. The van der Waals surface area contributed by atoms with Gasteiger partial charge in [0.2, 0.25) is 10.0 Å².